The van der Waals surface area contributed by atoms with Crippen molar-refractivity contribution in [2.45, 2.75) is 32.6 Å². The summed E-state index contributed by atoms with van der Waals surface area (Å²) in [5.41, 5.74) is 5.99. The fourth-order valence-electron chi connectivity index (χ4n) is 3.73. The Balaban J connectivity index is 1.45. The van der Waals surface area contributed by atoms with E-state index < -0.39 is 0 Å². The maximum Gasteiger partial charge on any atom is 0.226 e. The van der Waals surface area contributed by atoms with Gasteiger partial charge < -0.3 is 4.90 Å². The lowest BCUT2D eigenvalue weighted by Crippen LogP contribution is -2.27. The van der Waals surface area contributed by atoms with Gasteiger partial charge in [0.25, 0.3) is 0 Å². The van der Waals surface area contributed by atoms with Gasteiger partial charge in [0.15, 0.2) is 5.78 Å². The summed E-state index contributed by atoms with van der Waals surface area (Å²) in [6, 6.07) is 15.8. The predicted molar refractivity (Wildman–Crippen MR) is 113 cm³/mol. The number of Topliss-reactive ketones (excluding diaryl/α,β-unsaturated/α-hetero) is 1. The van der Waals surface area contributed by atoms with Crippen LogP contribution in [0.5, 0.6) is 0 Å². The molecule has 5 heteroatoms. The summed E-state index contributed by atoms with van der Waals surface area (Å²) in [4.78, 5) is 34.5. The van der Waals surface area contributed by atoms with Crippen molar-refractivity contribution in [2.24, 2.45) is 0 Å². The molecule has 146 valence electrons. The molecule has 5 nitrogen and oxygen atoms in total. The number of nitrogens with zero attached hydrogens (tertiary/aromatic N) is 3. The second kappa shape index (κ2) is 8.35. The predicted octanol–water partition coefficient (Wildman–Crippen LogP) is 4.26. The molecular formula is C24H23N3O2. The fraction of sp³-hybridized carbons (Fsp3) is 0.250. The molecule has 0 unspecified atom stereocenters. The van der Waals surface area contributed by atoms with Crippen LogP contribution < -0.4 is 4.90 Å². The molecule has 0 bridgehead atoms. The van der Waals surface area contributed by atoms with Crippen molar-refractivity contribution in [1.82, 2.24) is 9.97 Å². The number of fused-ring (bicyclic) bond motifs is 1. The SMILES string of the molecule is CCC(=O)N1CCc2cc(-c3ccc(C(=O)CCc4ccncn4)cc3)ccc21. The first-order valence-corrected chi connectivity index (χ1v) is 9.97. The first-order chi connectivity index (χ1) is 14.2. The molecule has 0 fully saturated rings. The lowest BCUT2D eigenvalue weighted by Gasteiger charge is -2.16. The minimum atomic E-state index is 0.109. The van der Waals surface area contributed by atoms with Gasteiger partial charge in [0.05, 0.1) is 0 Å². The minimum Gasteiger partial charge on any atom is -0.312 e. The van der Waals surface area contributed by atoms with Crippen molar-refractivity contribution in [3.63, 3.8) is 0 Å². The number of rotatable bonds is 6. The van der Waals surface area contributed by atoms with Gasteiger partial charge in [0.1, 0.15) is 6.33 Å². The van der Waals surface area contributed by atoms with Crippen molar-refractivity contribution >= 4 is 17.4 Å². The Morgan fingerprint density at radius 2 is 1.83 bits per heavy atom. The van der Waals surface area contributed by atoms with E-state index in [2.05, 4.69) is 16.0 Å². The van der Waals surface area contributed by atoms with Crippen LogP contribution in [0.4, 0.5) is 5.69 Å². The number of benzene rings is 2. The summed E-state index contributed by atoms with van der Waals surface area (Å²) in [6.45, 7) is 2.65. The third-order valence-electron chi connectivity index (χ3n) is 5.37. The zero-order valence-corrected chi connectivity index (χ0v) is 16.5. The molecule has 0 saturated carbocycles. The number of ketones is 1. The number of aryl methyl sites for hydroxylation is 1. The molecule has 4 rings (SSSR count). The monoisotopic (exact) mass is 385 g/mol. The number of carbonyl (C=O) groups is 2. The Morgan fingerprint density at radius 1 is 1.03 bits per heavy atom. The van der Waals surface area contributed by atoms with E-state index >= 15 is 0 Å². The number of hydrogen-bond donors (Lipinski definition) is 0. The van der Waals surface area contributed by atoms with Crippen LogP contribution in [0.25, 0.3) is 11.1 Å². The molecule has 0 radical (unpaired) electrons. The van der Waals surface area contributed by atoms with Gasteiger partial charge >= 0.3 is 0 Å². The van der Waals surface area contributed by atoms with Crippen molar-refractivity contribution in [3.8, 4) is 11.1 Å². The lowest BCUT2D eigenvalue weighted by atomic mass is 9.98. The van der Waals surface area contributed by atoms with Gasteiger partial charge in [0.2, 0.25) is 5.91 Å². The van der Waals surface area contributed by atoms with Crippen LogP contribution in [-0.2, 0) is 17.6 Å². The van der Waals surface area contributed by atoms with Crippen molar-refractivity contribution in [2.75, 3.05) is 11.4 Å². The van der Waals surface area contributed by atoms with Crippen LogP contribution in [0, 0.1) is 0 Å². The highest BCUT2D eigenvalue weighted by molar-refractivity contribution is 5.97. The summed E-state index contributed by atoms with van der Waals surface area (Å²) in [7, 11) is 0. The summed E-state index contributed by atoms with van der Waals surface area (Å²) < 4.78 is 0. The molecule has 0 N–H and O–H groups in total. The summed E-state index contributed by atoms with van der Waals surface area (Å²) in [5.74, 6) is 0.277. The number of aromatic nitrogens is 2. The number of amides is 1. The molecule has 0 atom stereocenters. The van der Waals surface area contributed by atoms with Crippen LogP contribution in [-0.4, -0.2) is 28.2 Å². The topological polar surface area (TPSA) is 63.2 Å². The van der Waals surface area contributed by atoms with E-state index in [4.69, 9.17) is 0 Å². The van der Waals surface area contributed by atoms with Crippen LogP contribution in [0.15, 0.2) is 61.1 Å². The molecule has 3 aromatic rings. The standard InChI is InChI=1S/C24H23N3O2/c1-2-24(29)27-14-12-20-15-19(7-9-22(20)27)17-3-5-18(6-4-17)23(28)10-8-21-11-13-25-16-26-21/h3-7,9,11,13,15-16H,2,8,10,12,14H2,1H3. The summed E-state index contributed by atoms with van der Waals surface area (Å²) in [5, 5.41) is 0. The van der Waals surface area contributed by atoms with Crippen LogP contribution in [0.1, 0.15) is 41.4 Å². The highest BCUT2D eigenvalue weighted by Gasteiger charge is 2.23. The van der Waals surface area contributed by atoms with Crippen molar-refractivity contribution < 1.29 is 9.59 Å². The number of carbonyl (C=O) groups excluding carboxylic acids is 2. The first-order valence-electron chi connectivity index (χ1n) is 9.97. The Hall–Kier alpha value is -3.34. The van der Waals surface area contributed by atoms with E-state index in [9.17, 15) is 9.59 Å². The van der Waals surface area contributed by atoms with E-state index in [-0.39, 0.29) is 11.7 Å². The normalized spacial score (nSPS) is 12.7. The Morgan fingerprint density at radius 3 is 2.55 bits per heavy atom. The van der Waals surface area contributed by atoms with Crippen LogP contribution in [0.2, 0.25) is 0 Å². The molecule has 1 aliphatic rings. The second-order valence-corrected chi connectivity index (χ2v) is 7.19. The smallest absolute Gasteiger partial charge is 0.226 e. The van der Waals surface area contributed by atoms with Gasteiger partial charge in [-0.3, -0.25) is 9.59 Å². The number of anilines is 1. The third-order valence-corrected chi connectivity index (χ3v) is 5.37. The third kappa shape index (κ3) is 4.09. The summed E-state index contributed by atoms with van der Waals surface area (Å²) in [6.07, 6.45) is 5.64. The fourth-order valence-corrected chi connectivity index (χ4v) is 3.73. The first kappa shape index (κ1) is 19.0. The van der Waals surface area contributed by atoms with Crippen molar-refractivity contribution in [1.29, 1.82) is 0 Å². The van der Waals surface area contributed by atoms with Gasteiger partial charge in [-0.05, 0) is 47.7 Å². The van der Waals surface area contributed by atoms with E-state index in [1.807, 2.05) is 54.3 Å². The largest absolute Gasteiger partial charge is 0.312 e. The van der Waals surface area contributed by atoms with Gasteiger partial charge in [0, 0.05) is 42.5 Å². The molecular weight excluding hydrogens is 362 g/mol. The van der Waals surface area contributed by atoms with Crippen LogP contribution in [0.3, 0.4) is 0 Å². The quantitative estimate of drug-likeness (QED) is 0.595. The van der Waals surface area contributed by atoms with Crippen LogP contribution >= 0.6 is 0 Å². The zero-order valence-electron chi connectivity index (χ0n) is 16.5. The summed E-state index contributed by atoms with van der Waals surface area (Å²) >= 11 is 0. The molecule has 1 amide bonds. The molecule has 2 heterocycles. The van der Waals surface area contributed by atoms with Crippen molar-refractivity contribution in [3.05, 3.63) is 77.9 Å². The molecule has 1 aliphatic heterocycles. The second-order valence-electron chi connectivity index (χ2n) is 7.19. The lowest BCUT2D eigenvalue weighted by molar-refractivity contribution is -0.118. The maximum absolute atomic E-state index is 12.5. The van der Waals surface area contributed by atoms with E-state index in [1.54, 1.807) is 6.20 Å². The Bertz CT molecular complexity index is 1030. The van der Waals surface area contributed by atoms with Gasteiger partial charge in [-0.2, -0.15) is 0 Å². The minimum absolute atomic E-state index is 0.109. The molecule has 0 saturated heterocycles. The average molecular weight is 385 g/mol. The van der Waals surface area contributed by atoms with Gasteiger partial charge in [-0.1, -0.05) is 37.3 Å². The highest BCUT2D eigenvalue weighted by atomic mass is 16.2. The Kier molecular flexibility index (Phi) is 5.47. The molecule has 29 heavy (non-hydrogen) atoms. The molecule has 0 spiro atoms. The van der Waals surface area contributed by atoms with Gasteiger partial charge in [-0.15, -0.1) is 0 Å². The highest BCUT2D eigenvalue weighted by Crippen LogP contribution is 2.32. The average Bonchev–Trinajstić information content (AvgIpc) is 3.21. The van der Waals surface area contributed by atoms with E-state index in [0.29, 0.717) is 24.8 Å². The zero-order chi connectivity index (χ0) is 20.2. The molecule has 0 aliphatic carbocycles. The molecule has 1 aromatic heterocycles. The van der Waals surface area contributed by atoms with E-state index in [0.717, 1.165) is 35.5 Å². The Labute approximate surface area is 170 Å². The molecule has 2 aromatic carbocycles. The van der Waals surface area contributed by atoms with E-state index in [1.165, 1.54) is 11.9 Å². The van der Waals surface area contributed by atoms with Gasteiger partial charge in [-0.25, -0.2) is 9.97 Å². The maximum atomic E-state index is 12.5. The number of hydrogen-bond acceptors (Lipinski definition) is 4.